The lowest BCUT2D eigenvalue weighted by Gasteiger charge is -2.11. The predicted molar refractivity (Wildman–Crippen MR) is 119 cm³/mol. The predicted octanol–water partition coefficient (Wildman–Crippen LogP) is 4.99. The smallest absolute Gasteiger partial charge is 0.326 e. The monoisotopic (exact) mass is 472 g/mol. The van der Waals surface area contributed by atoms with Gasteiger partial charge in [-0.1, -0.05) is 12.1 Å². The highest BCUT2D eigenvalue weighted by Crippen LogP contribution is 2.30. The number of aromatic nitrogens is 3. The van der Waals surface area contributed by atoms with Crippen molar-refractivity contribution >= 4 is 22.6 Å². The average molecular weight is 472 g/mol. The molecule has 0 fully saturated rings. The summed E-state index contributed by atoms with van der Waals surface area (Å²) in [5.74, 6) is -0.965. The van der Waals surface area contributed by atoms with E-state index in [0.29, 0.717) is 22.3 Å². The van der Waals surface area contributed by atoms with Gasteiger partial charge in [-0.05, 0) is 55.8 Å². The van der Waals surface area contributed by atoms with Gasteiger partial charge in [-0.25, -0.2) is 9.37 Å². The Morgan fingerprint density at radius 1 is 1.09 bits per heavy atom. The third kappa shape index (κ3) is 4.43. The van der Waals surface area contributed by atoms with E-state index >= 15 is 0 Å². The molecule has 0 saturated carbocycles. The molecule has 0 bridgehead atoms. The first kappa shape index (κ1) is 23.2. The summed E-state index contributed by atoms with van der Waals surface area (Å²) in [7, 11) is 0. The van der Waals surface area contributed by atoms with E-state index in [4.69, 9.17) is 0 Å². The maximum Gasteiger partial charge on any atom is 0.416 e. The third-order valence-corrected chi connectivity index (χ3v) is 5.60. The summed E-state index contributed by atoms with van der Waals surface area (Å²) in [6.07, 6.45) is -3.37. The van der Waals surface area contributed by atoms with Crippen molar-refractivity contribution in [2.24, 2.45) is 0 Å². The van der Waals surface area contributed by atoms with Crippen molar-refractivity contribution in [3.8, 4) is 5.69 Å². The number of fused-ring (bicyclic) bond motifs is 1. The molecule has 0 atom stereocenters. The lowest BCUT2D eigenvalue weighted by atomic mass is 10.2. The highest BCUT2D eigenvalue weighted by atomic mass is 19.4. The fourth-order valence-corrected chi connectivity index (χ4v) is 3.79. The van der Waals surface area contributed by atoms with Crippen LogP contribution in [0.25, 0.3) is 16.7 Å². The summed E-state index contributed by atoms with van der Waals surface area (Å²) >= 11 is 0. The number of halogens is 4. The molecule has 4 rings (SSSR count). The molecule has 0 aliphatic carbocycles. The summed E-state index contributed by atoms with van der Waals surface area (Å²) < 4.78 is 55.3. The number of amides is 1. The molecule has 176 valence electrons. The molecule has 34 heavy (non-hydrogen) atoms. The molecular weight excluding hydrogens is 452 g/mol. The molecule has 0 saturated heterocycles. The number of hydrogen-bond acceptors (Lipinski definition) is 3. The molecule has 1 N–H and O–H groups in total. The van der Waals surface area contributed by atoms with Gasteiger partial charge in [0.15, 0.2) is 5.65 Å². The molecule has 2 aromatic carbocycles. The van der Waals surface area contributed by atoms with Crippen LogP contribution in [0.3, 0.4) is 0 Å². The molecule has 0 radical (unpaired) electrons. The van der Waals surface area contributed by atoms with Crippen molar-refractivity contribution in [3.63, 3.8) is 0 Å². The normalized spacial score (nSPS) is 11.7. The first-order valence-electron chi connectivity index (χ1n) is 10.4. The molecule has 0 spiro atoms. The molecule has 2 heterocycles. The summed E-state index contributed by atoms with van der Waals surface area (Å²) in [4.78, 5) is 29.8. The molecule has 6 nitrogen and oxygen atoms in total. The van der Waals surface area contributed by atoms with E-state index < -0.39 is 23.5 Å². The van der Waals surface area contributed by atoms with E-state index in [1.165, 1.54) is 35.2 Å². The lowest BCUT2D eigenvalue weighted by molar-refractivity contribution is -0.137. The maximum atomic E-state index is 13.8. The van der Waals surface area contributed by atoms with Gasteiger partial charge in [-0.2, -0.15) is 13.2 Å². The second-order valence-electron chi connectivity index (χ2n) is 7.84. The van der Waals surface area contributed by atoms with Gasteiger partial charge in [0.2, 0.25) is 5.91 Å². The van der Waals surface area contributed by atoms with Gasteiger partial charge in [0, 0.05) is 24.3 Å². The Hall–Kier alpha value is -3.95. The molecule has 0 aliphatic rings. The first-order valence-corrected chi connectivity index (χ1v) is 10.4. The van der Waals surface area contributed by atoms with Crippen LogP contribution in [0.1, 0.15) is 23.2 Å². The molecule has 4 aromatic rings. The Labute approximate surface area is 191 Å². The van der Waals surface area contributed by atoms with Gasteiger partial charge in [-0.3, -0.25) is 18.7 Å². The SMILES string of the molecule is Cc1c(C)n(-c2cccc(F)c2)c2ncn(CCC(=O)Nc3cccc(C(F)(F)F)c3)c(=O)c12. The zero-order chi connectivity index (χ0) is 24.6. The number of aryl methyl sites for hydroxylation is 2. The van der Waals surface area contributed by atoms with Crippen molar-refractivity contribution < 1.29 is 22.4 Å². The molecule has 0 unspecified atom stereocenters. The summed E-state index contributed by atoms with van der Waals surface area (Å²) in [6.45, 7) is 3.55. The second kappa shape index (κ2) is 8.77. The third-order valence-electron chi connectivity index (χ3n) is 5.60. The quantitative estimate of drug-likeness (QED) is 0.416. The molecule has 1 amide bonds. The van der Waals surface area contributed by atoms with Gasteiger partial charge in [0.05, 0.1) is 23.0 Å². The summed E-state index contributed by atoms with van der Waals surface area (Å²) in [5.41, 5.74) is 1.08. The topological polar surface area (TPSA) is 68.9 Å². The number of carbonyl (C=O) groups is 1. The van der Waals surface area contributed by atoms with Crippen LogP contribution in [0.15, 0.2) is 59.7 Å². The van der Waals surface area contributed by atoms with Crippen molar-refractivity contribution in [3.05, 3.63) is 87.9 Å². The van der Waals surface area contributed by atoms with Crippen LogP contribution < -0.4 is 10.9 Å². The largest absolute Gasteiger partial charge is 0.416 e. The molecular formula is C24H20F4N4O2. The van der Waals surface area contributed by atoms with Crippen LogP contribution in [-0.2, 0) is 17.5 Å². The fraction of sp³-hybridized carbons (Fsp3) is 0.208. The van der Waals surface area contributed by atoms with Gasteiger partial charge in [0.1, 0.15) is 5.82 Å². The molecule has 10 heteroatoms. The van der Waals surface area contributed by atoms with E-state index in [0.717, 1.165) is 17.8 Å². The van der Waals surface area contributed by atoms with Gasteiger partial charge >= 0.3 is 6.18 Å². The zero-order valence-electron chi connectivity index (χ0n) is 18.3. The number of benzene rings is 2. The zero-order valence-corrected chi connectivity index (χ0v) is 18.3. The van der Waals surface area contributed by atoms with E-state index in [1.807, 2.05) is 0 Å². The Balaban J connectivity index is 1.57. The summed E-state index contributed by atoms with van der Waals surface area (Å²) in [5, 5.41) is 2.77. The minimum atomic E-state index is -4.52. The number of hydrogen-bond donors (Lipinski definition) is 1. The van der Waals surface area contributed by atoms with E-state index in [9.17, 15) is 27.2 Å². The Kier molecular flexibility index (Phi) is 5.99. The van der Waals surface area contributed by atoms with Crippen LogP contribution in [0.5, 0.6) is 0 Å². The Morgan fingerprint density at radius 2 is 1.82 bits per heavy atom. The first-order chi connectivity index (χ1) is 16.1. The van der Waals surface area contributed by atoms with Crippen LogP contribution in [-0.4, -0.2) is 20.0 Å². The minimum absolute atomic E-state index is 0.0133. The number of anilines is 1. The van der Waals surface area contributed by atoms with Gasteiger partial charge in [0.25, 0.3) is 5.56 Å². The van der Waals surface area contributed by atoms with E-state index in [-0.39, 0.29) is 24.2 Å². The fourth-order valence-electron chi connectivity index (χ4n) is 3.79. The number of alkyl halides is 3. The maximum absolute atomic E-state index is 13.8. The van der Waals surface area contributed by atoms with Gasteiger partial charge in [-0.15, -0.1) is 0 Å². The number of nitrogens with one attached hydrogen (secondary N) is 1. The Morgan fingerprint density at radius 3 is 2.53 bits per heavy atom. The van der Waals surface area contributed by atoms with Gasteiger partial charge < -0.3 is 5.32 Å². The van der Waals surface area contributed by atoms with Crippen molar-refractivity contribution in [1.29, 1.82) is 0 Å². The van der Waals surface area contributed by atoms with E-state index in [2.05, 4.69) is 10.3 Å². The second-order valence-corrected chi connectivity index (χ2v) is 7.84. The number of rotatable bonds is 5. The van der Waals surface area contributed by atoms with Crippen molar-refractivity contribution in [1.82, 2.24) is 14.1 Å². The van der Waals surface area contributed by atoms with Crippen LogP contribution in [0.4, 0.5) is 23.2 Å². The van der Waals surface area contributed by atoms with Crippen LogP contribution >= 0.6 is 0 Å². The molecule has 0 aliphatic heterocycles. The van der Waals surface area contributed by atoms with Crippen molar-refractivity contribution in [2.45, 2.75) is 33.0 Å². The summed E-state index contributed by atoms with van der Waals surface area (Å²) in [6, 6.07) is 10.3. The lowest BCUT2D eigenvalue weighted by Crippen LogP contribution is -2.24. The van der Waals surface area contributed by atoms with E-state index in [1.54, 1.807) is 30.5 Å². The minimum Gasteiger partial charge on any atom is -0.326 e. The highest BCUT2D eigenvalue weighted by molar-refractivity contribution is 5.90. The standard InChI is InChI=1S/C24H20F4N4O2/c1-14-15(2)32(19-8-4-6-17(25)12-19)22-21(14)23(34)31(13-29-22)10-9-20(33)30-18-7-3-5-16(11-18)24(26,27)28/h3-8,11-13H,9-10H2,1-2H3,(H,30,33). The number of nitrogens with zero attached hydrogens (tertiary/aromatic N) is 3. The van der Waals surface area contributed by atoms with Crippen LogP contribution in [0.2, 0.25) is 0 Å². The van der Waals surface area contributed by atoms with Crippen molar-refractivity contribution in [2.75, 3.05) is 5.32 Å². The average Bonchev–Trinajstić information content (AvgIpc) is 3.03. The molecule has 2 aromatic heterocycles. The van der Waals surface area contributed by atoms with Crippen LogP contribution in [0, 0.1) is 19.7 Å². The number of carbonyl (C=O) groups excluding carboxylic acids is 1. The highest BCUT2D eigenvalue weighted by Gasteiger charge is 2.30. The Bertz CT molecular complexity index is 1450.